The first-order valence-corrected chi connectivity index (χ1v) is 7.87. The maximum absolute atomic E-state index is 13.4. The Bertz CT molecular complexity index is 554. The number of sulfonamides is 1. The zero-order chi connectivity index (χ0) is 14.0. The van der Waals surface area contributed by atoms with Crippen molar-refractivity contribution >= 4 is 10.0 Å². The van der Waals surface area contributed by atoms with Gasteiger partial charge in [0.15, 0.2) is 0 Å². The van der Waals surface area contributed by atoms with Gasteiger partial charge in [0.25, 0.3) is 0 Å². The Balaban J connectivity index is 2.33. The van der Waals surface area contributed by atoms with Crippen molar-refractivity contribution in [1.82, 2.24) is 4.31 Å². The van der Waals surface area contributed by atoms with Gasteiger partial charge < -0.3 is 5.73 Å². The molecule has 0 atom stereocenters. The van der Waals surface area contributed by atoms with Gasteiger partial charge in [-0.1, -0.05) is 12.8 Å². The molecule has 106 valence electrons. The largest absolute Gasteiger partial charge is 0.326 e. The van der Waals surface area contributed by atoms with Crippen molar-refractivity contribution in [3.8, 4) is 0 Å². The third-order valence-electron chi connectivity index (χ3n) is 3.75. The smallest absolute Gasteiger partial charge is 0.243 e. The highest BCUT2D eigenvalue weighted by Crippen LogP contribution is 2.27. The molecule has 1 saturated carbocycles. The summed E-state index contributed by atoms with van der Waals surface area (Å²) in [6.45, 7) is -0.0116. The Kier molecular flexibility index (Phi) is 4.23. The Hall–Kier alpha value is -0.980. The topological polar surface area (TPSA) is 63.4 Å². The summed E-state index contributed by atoms with van der Waals surface area (Å²) in [6.07, 6.45) is 3.89. The molecule has 1 aromatic carbocycles. The number of nitrogens with zero attached hydrogens (tertiary/aromatic N) is 1. The Labute approximate surface area is 113 Å². The van der Waals surface area contributed by atoms with Gasteiger partial charge in [0.1, 0.15) is 5.82 Å². The molecule has 1 aliphatic carbocycles. The van der Waals surface area contributed by atoms with Crippen LogP contribution in [0.1, 0.15) is 31.2 Å². The second-order valence-corrected chi connectivity index (χ2v) is 6.91. The van der Waals surface area contributed by atoms with Crippen molar-refractivity contribution in [1.29, 1.82) is 0 Å². The second kappa shape index (κ2) is 5.56. The molecule has 0 saturated heterocycles. The maximum Gasteiger partial charge on any atom is 0.243 e. The van der Waals surface area contributed by atoms with Crippen molar-refractivity contribution in [3.05, 3.63) is 29.6 Å². The first-order chi connectivity index (χ1) is 8.96. The lowest BCUT2D eigenvalue weighted by molar-refractivity contribution is 0.373. The monoisotopic (exact) mass is 286 g/mol. The van der Waals surface area contributed by atoms with Crippen molar-refractivity contribution in [2.45, 2.75) is 43.2 Å². The SMILES string of the molecule is CN(C1CCCC1)S(=O)(=O)c1ccc(F)c(CN)c1. The molecule has 2 N–H and O–H groups in total. The van der Waals surface area contributed by atoms with E-state index in [9.17, 15) is 12.8 Å². The van der Waals surface area contributed by atoms with E-state index in [4.69, 9.17) is 5.73 Å². The minimum Gasteiger partial charge on any atom is -0.326 e. The molecule has 0 unspecified atom stereocenters. The predicted octanol–water partition coefficient (Wildman–Crippen LogP) is 1.85. The van der Waals surface area contributed by atoms with E-state index < -0.39 is 15.8 Å². The fourth-order valence-electron chi connectivity index (χ4n) is 2.50. The molecule has 0 amide bonds. The number of hydrogen-bond donors (Lipinski definition) is 1. The minimum absolute atomic E-state index is 0.0116. The van der Waals surface area contributed by atoms with Gasteiger partial charge in [-0.25, -0.2) is 12.8 Å². The summed E-state index contributed by atoms with van der Waals surface area (Å²) in [5.74, 6) is -0.468. The second-order valence-electron chi connectivity index (χ2n) is 4.92. The van der Waals surface area contributed by atoms with Crippen LogP contribution >= 0.6 is 0 Å². The summed E-state index contributed by atoms with van der Waals surface area (Å²) in [6, 6.07) is 3.85. The van der Waals surface area contributed by atoms with Crippen LogP contribution < -0.4 is 5.73 Å². The molecule has 0 heterocycles. The summed E-state index contributed by atoms with van der Waals surface area (Å²) in [5, 5.41) is 0. The number of hydrogen-bond acceptors (Lipinski definition) is 3. The summed E-state index contributed by atoms with van der Waals surface area (Å²) in [4.78, 5) is 0.115. The number of rotatable bonds is 4. The van der Waals surface area contributed by atoms with Crippen LogP contribution in [0.25, 0.3) is 0 Å². The lowest BCUT2D eigenvalue weighted by Crippen LogP contribution is -2.35. The van der Waals surface area contributed by atoms with Crippen LogP contribution in [0.4, 0.5) is 4.39 Å². The fourth-order valence-corrected chi connectivity index (χ4v) is 3.97. The average Bonchev–Trinajstić information content (AvgIpc) is 2.91. The van der Waals surface area contributed by atoms with Gasteiger partial charge in [-0.05, 0) is 31.0 Å². The van der Waals surface area contributed by atoms with Gasteiger partial charge in [-0.15, -0.1) is 0 Å². The highest BCUT2D eigenvalue weighted by Gasteiger charge is 2.30. The van der Waals surface area contributed by atoms with E-state index in [-0.39, 0.29) is 23.0 Å². The molecular weight excluding hydrogens is 267 g/mol. The summed E-state index contributed by atoms with van der Waals surface area (Å²) >= 11 is 0. The summed E-state index contributed by atoms with van der Waals surface area (Å²) < 4.78 is 39.7. The molecule has 1 aliphatic rings. The normalized spacial score (nSPS) is 17.3. The standard InChI is InChI=1S/C13H19FN2O2S/c1-16(11-4-2-3-5-11)19(17,18)12-6-7-13(14)10(8-12)9-15/h6-8,11H,2-5,9,15H2,1H3. The highest BCUT2D eigenvalue weighted by atomic mass is 32.2. The first-order valence-electron chi connectivity index (χ1n) is 6.43. The molecule has 4 nitrogen and oxygen atoms in total. The van der Waals surface area contributed by atoms with Crippen molar-refractivity contribution in [3.63, 3.8) is 0 Å². The zero-order valence-electron chi connectivity index (χ0n) is 11.0. The predicted molar refractivity (Wildman–Crippen MR) is 71.5 cm³/mol. The van der Waals surface area contributed by atoms with E-state index in [0.717, 1.165) is 31.7 Å². The molecule has 0 bridgehead atoms. The molecule has 6 heteroatoms. The van der Waals surface area contributed by atoms with Crippen LogP contribution in [-0.4, -0.2) is 25.8 Å². The lowest BCUT2D eigenvalue weighted by Gasteiger charge is -2.23. The van der Waals surface area contributed by atoms with Gasteiger partial charge in [0.2, 0.25) is 10.0 Å². The van der Waals surface area contributed by atoms with Gasteiger partial charge >= 0.3 is 0 Å². The summed E-state index contributed by atoms with van der Waals surface area (Å²) in [7, 11) is -1.97. The minimum atomic E-state index is -3.56. The zero-order valence-corrected chi connectivity index (χ0v) is 11.8. The maximum atomic E-state index is 13.4. The van der Waals surface area contributed by atoms with E-state index in [1.165, 1.54) is 16.4 Å². The molecule has 0 aromatic heterocycles. The molecule has 2 rings (SSSR count). The molecular formula is C13H19FN2O2S. The third kappa shape index (κ3) is 2.80. The van der Waals surface area contributed by atoms with Crippen LogP contribution in [-0.2, 0) is 16.6 Å². The van der Waals surface area contributed by atoms with Crippen LogP contribution in [0.5, 0.6) is 0 Å². The van der Waals surface area contributed by atoms with Crippen molar-refractivity contribution in [2.75, 3.05) is 7.05 Å². The van der Waals surface area contributed by atoms with Gasteiger partial charge in [-0.2, -0.15) is 4.31 Å². The fraction of sp³-hybridized carbons (Fsp3) is 0.538. The average molecular weight is 286 g/mol. The lowest BCUT2D eigenvalue weighted by atomic mass is 10.2. The number of benzene rings is 1. The quantitative estimate of drug-likeness (QED) is 0.918. The van der Waals surface area contributed by atoms with Crippen molar-refractivity contribution < 1.29 is 12.8 Å². The molecule has 1 fully saturated rings. The molecule has 19 heavy (non-hydrogen) atoms. The Morgan fingerprint density at radius 1 is 1.37 bits per heavy atom. The van der Waals surface area contributed by atoms with E-state index in [1.54, 1.807) is 7.05 Å². The third-order valence-corrected chi connectivity index (χ3v) is 5.66. The highest BCUT2D eigenvalue weighted by molar-refractivity contribution is 7.89. The molecule has 0 spiro atoms. The molecule has 0 radical (unpaired) electrons. The van der Waals surface area contributed by atoms with E-state index in [0.29, 0.717) is 0 Å². The van der Waals surface area contributed by atoms with Crippen LogP contribution in [0.15, 0.2) is 23.1 Å². The van der Waals surface area contributed by atoms with E-state index in [1.807, 2.05) is 0 Å². The Morgan fingerprint density at radius 2 is 2.00 bits per heavy atom. The summed E-state index contributed by atoms with van der Waals surface area (Å²) in [5.41, 5.74) is 5.64. The van der Waals surface area contributed by atoms with Gasteiger partial charge in [0.05, 0.1) is 4.90 Å². The van der Waals surface area contributed by atoms with Gasteiger partial charge in [0, 0.05) is 25.2 Å². The van der Waals surface area contributed by atoms with Crippen LogP contribution in [0.3, 0.4) is 0 Å². The molecule has 1 aromatic rings. The van der Waals surface area contributed by atoms with Crippen LogP contribution in [0.2, 0.25) is 0 Å². The molecule has 0 aliphatic heterocycles. The van der Waals surface area contributed by atoms with E-state index in [2.05, 4.69) is 0 Å². The first kappa shape index (κ1) is 14.4. The number of halogens is 1. The van der Waals surface area contributed by atoms with E-state index >= 15 is 0 Å². The van der Waals surface area contributed by atoms with Crippen molar-refractivity contribution in [2.24, 2.45) is 5.73 Å². The number of nitrogens with two attached hydrogens (primary N) is 1. The van der Waals surface area contributed by atoms with Gasteiger partial charge in [-0.3, -0.25) is 0 Å². The Morgan fingerprint density at radius 3 is 2.58 bits per heavy atom. The van der Waals surface area contributed by atoms with Crippen LogP contribution in [0, 0.1) is 5.82 Å².